The molecule has 27 heavy (non-hydrogen) atoms. The molecular formula is C17H20F3N5O2. The van der Waals surface area contributed by atoms with E-state index in [9.17, 15) is 22.8 Å². The summed E-state index contributed by atoms with van der Waals surface area (Å²) in [6.07, 6.45) is 0.297. The molecule has 0 aromatic carbocycles. The molecule has 2 aromatic heterocycles. The van der Waals surface area contributed by atoms with Gasteiger partial charge in [-0.25, -0.2) is 4.52 Å². The SMILES string of the molecule is CC1CCCCC1Nc1c(C(N)=O)cnn2c(NC(=O)C(F)(F)F)ccc12. The van der Waals surface area contributed by atoms with E-state index in [-0.39, 0.29) is 17.4 Å². The number of fused-ring (bicyclic) bond motifs is 1. The molecule has 2 atom stereocenters. The van der Waals surface area contributed by atoms with E-state index in [0.717, 1.165) is 30.2 Å². The molecular weight excluding hydrogens is 363 g/mol. The highest BCUT2D eigenvalue weighted by Gasteiger charge is 2.39. The molecule has 2 heterocycles. The van der Waals surface area contributed by atoms with Crippen molar-refractivity contribution in [3.63, 3.8) is 0 Å². The van der Waals surface area contributed by atoms with Crippen LogP contribution in [0, 0.1) is 5.92 Å². The standard InChI is InChI=1S/C17H20F3N5O2/c1-9-4-2-3-5-11(9)23-14-10(15(21)26)8-22-25-12(14)6-7-13(25)24-16(27)17(18,19)20/h6-9,11,23H,2-5H2,1H3,(H2,21,26)(H,24,27). The number of nitrogens with one attached hydrogen (secondary N) is 2. The Morgan fingerprint density at radius 3 is 2.59 bits per heavy atom. The zero-order chi connectivity index (χ0) is 19.8. The molecule has 0 saturated heterocycles. The van der Waals surface area contributed by atoms with Crippen molar-refractivity contribution in [3.05, 3.63) is 23.9 Å². The number of amides is 2. The largest absolute Gasteiger partial charge is 0.471 e. The summed E-state index contributed by atoms with van der Waals surface area (Å²) in [5.41, 5.74) is 6.36. The minimum absolute atomic E-state index is 0.103. The number of hydrogen-bond donors (Lipinski definition) is 3. The first-order valence-corrected chi connectivity index (χ1v) is 8.63. The quantitative estimate of drug-likeness (QED) is 0.755. The number of nitrogens with zero attached hydrogens (tertiary/aromatic N) is 2. The summed E-state index contributed by atoms with van der Waals surface area (Å²) < 4.78 is 38.7. The maximum atomic E-state index is 12.5. The van der Waals surface area contributed by atoms with Crippen LogP contribution in [0.4, 0.5) is 24.7 Å². The van der Waals surface area contributed by atoms with Gasteiger partial charge in [-0.3, -0.25) is 9.59 Å². The number of hydrogen-bond acceptors (Lipinski definition) is 4. The van der Waals surface area contributed by atoms with Crippen molar-refractivity contribution in [1.29, 1.82) is 0 Å². The summed E-state index contributed by atoms with van der Waals surface area (Å²) in [7, 11) is 0. The second-order valence-electron chi connectivity index (χ2n) is 6.78. The van der Waals surface area contributed by atoms with E-state index in [0.29, 0.717) is 17.1 Å². The fraction of sp³-hybridized carbons (Fsp3) is 0.471. The number of aromatic nitrogens is 2. The molecule has 2 aromatic rings. The molecule has 10 heteroatoms. The molecule has 4 N–H and O–H groups in total. The lowest BCUT2D eigenvalue weighted by Gasteiger charge is -2.31. The van der Waals surface area contributed by atoms with E-state index in [2.05, 4.69) is 17.3 Å². The van der Waals surface area contributed by atoms with E-state index in [4.69, 9.17) is 5.73 Å². The van der Waals surface area contributed by atoms with Gasteiger partial charge < -0.3 is 16.4 Å². The van der Waals surface area contributed by atoms with Crippen molar-refractivity contribution in [2.75, 3.05) is 10.6 Å². The third-order valence-electron chi connectivity index (χ3n) is 4.89. The van der Waals surface area contributed by atoms with Gasteiger partial charge in [-0.05, 0) is 30.9 Å². The Morgan fingerprint density at radius 2 is 1.96 bits per heavy atom. The van der Waals surface area contributed by atoms with Crippen molar-refractivity contribution in [1.82, 2.24) is 9.61 Å². The molecule has 146 valence electrons. The number of rotatable bonds is 4. The van der Waals surface area contributed by atoms with Crippen LogP contribution in [-0.4, -0.2) is 33.6 Å². The predicted octanol–water partition coefficient (Wildman–Crippen LogP) is 2.92. The van der Waals surface area contributed by atoms with E-state index in [1.54, 1.807) is 5.32 Å². The highest BCUT2D eigenvalue weighted by molar-refractivity contribution is 6.02. The molecule has 1 saturated carbocycles. The van der Waals surface area contributed by atoms with Crippen molar-refractivity contribution < 1.29 is 22.8 Å². The Labute approximate surface area is 153 Å². The topological polar surface area (TPSA) is 102 Å². The number of alkyl halides is 3. The van der Waals surface area contributed by atoms with E-state index >= 15 is 0 Å². The Balaban J connectivity index is 2.01. The summed E-state index contributed by atoms with van der Waals surface area (Å²) in [6, 6.07) is 2.89. The lowest BCUT2D eigenvalue weighted by molar-refractivity contribution is -0.167. The second kappa shape index (κ2) is 7.09. The summed E-state index contributed by atoms with van der Waals surface area (Å²) in [5, 5.41) is 9.07. The molecule has 0 radical (unpaired) electrons. The van der Waals surface area contributed by atoms with Gasteiger partial charge >= 0.3 is 12.1 Å². The van der Waals surface area contributed by atoms with Crippen LogP contribution in [0.5, 0.6) is 0 Å². The number of halogens is 3. The van der Waals surface area contributed by atoms with Crippen molar-refractivity contribution in [2.24, 2.45) is 11.7 Å². The highest BCUT2D eigenvalue weighted by Crippen LogP contribution is 2.31. The molecule has 1 aliphatic carbocycles. The Bertz CT molecular complexity index is 877. The second-order valence-corrected chi connectivity index (χ2v) is 6.78. The van der Waals surface area contributed by atoms with Crippen LogP contribution in [0.3, 0.4) is 0 Å². The number of carbonyl (C=O) groups is 2. The molecule has 2 unspecified atom stereocenters. The van der Waals surface area contributed by atoms with Gasteiger partial charge in [-0.2, -0.15) is 18.3 Å². The fourth-order valence-electron chi connectivity index (χ4n) is 3.40. The van der Waals surface area contributed by atoms with Gasteiger partial charge in [0.25, 0.3) is 5.91 Å². The van der Waals surface area contributed by atoms with Gasteiger partial charge in [0.1, 0.15) is 5.82 Å². The lowest BCUT2D eigenvalue weighted by atomic mass is 9.85. The van der Waals surface area contributed by atoms with Crippen molar-refractivity contribution in [2.45, 2.75) is 44.8 Å². The maximum absolute atomic E-state index is 12.5. The summed E-state index contributed by atoms with van der Waals surface area (Å²) in [4.78, 5) is 23.0. The monoisotopic (exact) mass is 383 g/mol. The van der Waals surface area contributed by atoms with E-state index < -0.39 is 18.0 Å². The maximum Gasteiger partial charge on any atom is 0.471 e. The van der Waals surface area contributed by atoms with Gasteiger partial charge in [0, 0.05) is 6.04 Å². The number of primary amides is 1. The first-order chi connectivity index (χ1) is 12.7. The molecule has 0 bridgehead atoms. The third kappa shape index (κ3) is 3.83. The molecule has 1 aliphatic rings. The molecule has 0 spiro atoms. The van der Waals surface area contributed by atoms with Gasteiger partial charge in [-0.1, -0.05) is 19.8 Å². The average molecular weight is 383 g/mol. The molecule has 7 nitrogen and oxygen atoms in total. The van der Waals surface area contributed by atoms with Gasteiger partial charge in [0.15, 0.2) is 0 Å². The summed E-state index contributed by atoms with van der Waals surface area (Å²) in [6.45, 7) is 2.10. The van der Waals surface area contributed by atoms with Crippen LogP contribution in [0.1, 0.15) is 43.0 Å². The number of nitrogens with two attached hydrogens (primary N) is 1. The van der Waals surface area contributed by atoms with Gasteiger partial charge in [0.2, 0.25) is 0 Å². The predicted molar refractivity (Wildman–Crippen MR) is 93.4 cm³/mol. The molecule has 3 rings (SSSR count). The highest BCUT2D eigenvalue weighted by atomic mass is 19.4. The van der Waals surface area contributed by atoms with Crippen LogP contribution in [0.15, 0.2) is 18.3 Å². The van der Waals surface area contributed by atoms with Crippen LogP contribution in [0.25, 0.3) is 5.52 Å². The molecule has 1 fully saturated rings. The van der Waals surface area contributed by atoms with E-state index in [1.165, 1.54) is 18.3 Å². The smallest absolute Gasteiger partial charge is 0.380 e. The zero-order valence-corrected chi connectivity index (χ0v) is 14.6. The average Bonchev–Trinajstić information content (AvgIpc) is 2.99. The fourth-order valence-corrected chi connectivity index (χ4v) is 3.40. The minimum Gasteiger partial charge on any atom is -0.380 e. The summed E-state index contributed by atoms with van der Waals surface area (Å²) in [5.74, 6) is -2.58. The van der Waals surface area contributed by atoms with Gasteiger partial charge in [0.05, 0.1) is 23.0 Å². The van der Waals surface area contributed by atoms with Crippen LogP contribution in [-0.2, 0) is 4.79 Å². The van der Waals surface area contributed by atoms with Crippen molar-refractivity contribution >= 4 is 28.8 Å². The number of anilines is 2. The minimum atomic E-state index is -5.02. The van der Waals surface area contributed by atoms with Crippen LogP contribution < -0.4 is 16.4 Å². The van der Waals surface area contributed by atoms with Gasteiger partial charge in [-0.15, -0.1) is 0 Å². The normalized spacial score (nSPS) is 20.4. The third-order valence-corrected chi connectivity index (χ3v) is 4.89. The van der Waals surface area contributed by atoms with Crippen molar-refractivity contribution in [3.8, 4) is 0 Å². The first-order valence-electron chi connectivity index (χ1n) is 8.63. The first kappa shape index (κ1) is 19.0. The Morgan fingerprint density at radius 1 is 1.26 bits per heavy atom. The number of carbonyl (C=O) groups excluding carboxylic acids is 2. The van der Waals surface area contributed by atoms with Crippen LogP contribution >= 0.6 is 0 Å². The Hall–Kier alpha value is -2.78. The lowest BCUT2D eigenvalue weighted by Crippen LogP contribution is -2.32. The van der Waals surface area contributed by atoms with E-state index in [1.807, 2.05) is 0 Å². The summed E-state index contributed by atoms with van der Waals surface area (Å²) >= 11 is 0. The van der Waals surface area contributed by atoms with Crippen LogP contribution in [0.2, 0.25) is 0 Å². The molecule has 2 amide bonds. The Kier molecular flexibility index (Phi) is 4.99. The zero-order valence-electron chi connectivity index (χ0n) is 14.6. The molecule has 0 aliphatic heterocycles.